The van der Waals surface area contributed by atoms with Crippen molar-refractivity contribution >= 4 is 17.6 Å². The molecule has 1 saturated heterocycles. The number of ether oxygens (including phenoxy) is 2. The van der Waals surface area contributed by atoms with Crippen molar-refractivity contribution in [2.45, 2.75) is 6.92 Å². The minimum atomic E-state index is -0.427. The molecule has 37 heavy (non-hydrogen) atoms. The lowest BCUT2D eigenvalue weighted by atomic mass is 10.1. The van der Waals surface area contributed by atoms with Gasteiger partial charge in [-0.2, -0.15) is 0 Å². The average molecular weight is 497 g/mol. The second kappa shape index (κ2) is 11.0. The van der Waals surface area contributed by atoms with E-state index < -0.39 is 5.97 Å². The van der Waals surface area contributed by atoms with Crippen LogP contribution >= 0.6 is 0 Å². The summed E-state index contributed by atoms with van der Waals surface area (Å²) in [5.74, 6) is 2.26. The molecule has 1 fully saturated rings. The first-order chi connectivity index (χ1) is 18.2. The first kappa shape index (κ1) is 24.2. The largest absolute Gasteiger partial charge is 0.497 e. The van der Waals surface area contributed by atoms with Crippen molar-refractivity contribution < 1.29 is 14.3 Å². The van der Waals surface area contributed by atoms with E-state index in [1.54, 1.807) is 20.2 Å². The monoisotopic (exact) mass is 496 g/mol. The maximum Gasteiger partial charge on any atom is 0.343 e. The molecule has 0 N–H and O–H groups in total. The molecule has 0 amide bonds. The highest BCUT2D eigenvalue weighted by Crippen LogP contribution is 2.26. The van der Waals surface area contributed by atoms with E-state index in [1.165, 1.54) is 0 Å². The Labute approximate surface area is 215 Å². The highest BCUT2D eigenvalue weighted by atomic mass is 16.5. The van der Waals surface area contributed by atoms with Crippen LogP contribution in [0.15, 0.2) is 72.9 Å². The summed E-state index contributed by atoms with van der Waals surface area (Å²) in [7, 11) is 1.63. The molecule has 3 heterocycles. The number of methoxy groups -OCH3 is 1. The van der Waals surface area contributed by atoms with Gasteiger partial charge in [0.05, 0.1) is 19.4 Å². The molecular weight excluding hydrogens is 468 g/mol. The summed E-state index contributed by atoms with van der Waals surface area (Å²) >= 11 is 0. The lowest BCUT2D eigenvalue weighted by Gasteiger charge is -2.36. The van der Waals surface area contributed by atoms with E-state index in [-0.39, 0.29) is 6.61 Å². The van der Waals surface area contributed by atoms with Crippen molar-refractivity contribution in [3.05, 3.63) is 78.5 Å². The normalized spacial score (nSPS) is 13.4. The average Bonchev–Trinajstić information content (AvgIpc) is 2.98. The molecule has 0 bridgehead atoms. The fourth-order valence-electron chi connectivity index (χ4n) is 4.25. The number of carbonyl (C=O) groups excluding carboxylic acids is 1. The number of hydrogen-bond acceptors (Lipinski definition) is 9. The van der Waals surface area contributed by atoms with Gasteiger partial charge >= 0.3 is 5.97 Å². The summed E-state index contributed by atoms with van der Waals surface area (Å²) in [5.41, 5.74) is 3.08. The predicted octanol–water partition coefficient (Wildman–Crippen LogP) is 4.11. The molecule has 0 saturated carbocycles. The van der Waals surface area contributed by atoms with Gasteiger partial charge in [-0.1, -0.05) is 30.3 Å². The fourth-order valence-corrected chi connectivity index (χ4v) is 4.25. The van der Waals surface area contributed by atoms with Gasteiger partial charge in [-0.3, -0.25) is 0 Å². The summed E-state index contributed by atoms with van der Waals surface area (Å²) in [4.78, 5) is 26.2. The zero-order chi connectivity index (χ0) is 25.6. The molecule has 0 atom stereocenters. The second-order valence-electron chi connectivity index (χ2n) is 8.50. The van der Waals surface area contributed by atoms with Gasteiger partial charge < -0.3 is 19.3 Å². The minimum absolute atomic E-state index is 0.282. The van der Waals surface area contributed by atoms with Crippen LogP contribution < -0.4 is 14.5 Å². The Morgan fingerprint density at radius 3 is 2.24 bits per heavy atom. The van der Waals surface area contributed by atoms with Crippen LogP contribution in [0, 0.1) is 0 Å². The van der Waals surface area contributed by atoms with Crippen molar-refractivity contribution in [1.29, 1.82) is 0 Å². The van der Waals surface area contributed by atoms with Gasteiger partial charge in [0.1, 0.15) is 17.1 Å². The number of carbonyl (C=O) groups is 1. The SMILES string of the molecule is CCOC(=O)c1cnc(-c2ccc(OC)cc2)nc1N1CCN(c2ccc(-c3ccccc3)nn2)CC1. The molecule has 2 aromatic carbocycles. The predicted molar refractivity (Wildman–Crippen MR) is 142 cm³/mol. The van der Waals surface area contributed by atoms with Gasteiger partial charge in [-0.25, -0.2) is 14.8 Å². The van der Waals surface area contributed by atoms with Gasteiger partial charge in [0, 0.05) is 43.5 Å². The third-order valence-corrected chi connectivity index (χ3v) is 6.24. The first-order valence-electron chi connectivity index (χ1n) is 12.2. The quantitative estimate of drug-likeness (QED) is 0.350. The highest BCUT2D eigenvalue weighted by molar-refractivity contribution is 5.95. The van der Waals surface area contributed by atoms with Crippen LogP contribution in [0.25, 0.3) is 22.6 Å². The zero-order valence-electron chi connectivity index (χ0n) is 20.9. The molecule has 0 unspecified atom stereocenters. The molecule has 0 radical (unpaired) electrons. The van der Waals surface area contributed by atoms with E-state index in [1.807, 2.05) is 66.7 Å². The number of anilines is 2. The highest BCUT2D eigenvalue weighted by Gasteiger charge is 2.25. The molecule has 188 valence electrons. The summed E-state index contributed by atoms with van der Waals surface area (Å²) < 4.78 is 10.5. The van der Waals surface area contributed by atoms with Crippen LogP contribution in [0.4, 0.5) is 11.6 Å². The van der Waals surface area contributed by atoms with Crippen molar-refractivity contribution in [2.75, 3.05) is 49.7 Å². The summed E-state index contributed by atoms with van der Waals surface area (Å²) in [6.07, 6.45) is 1.56. The van der Waals surface area contributed by atoms with Crippen LogP contribution in [0.2, 0.25) is 0 Å². The van der Waals surface area contributed by atoms with Crippen molar-refractivity contribution in [3.8, 4) is 28.4 Å². The number of aromatic nitrogens is 4. The Hall–Kier alpha value is -4.53. The molecule has 1 aliphatic heterocycles. The number of piperazine rings is 1. The van der Waals surface area contributed by atoms with Gasteiger partial charge in [-0.05, 0) is 43.3 Å². The maximum atomic E-state index is 12.7. The van der Waals surface area contributed by atoms with Gasteiger partial charge in [-0.15, -0.1) is 10.2 Å². The summed E-state index contributed by atoms with van der Waals surface area (Å²) in [6, 6.07) is 21.5. The van der Waals surface area contributed by atoms with Crippen LogP contribution in [0.1, 0.15) is 17.3 Å². The standard InChI is InChI=1S/C28H28N6O3/c1-3-37-28(35)23-19-29-26(21-9-11-22(36-2)12-10-21)30-27(23)34-17-15-33(16-18-34)25-14-13-24(31-32-25)20-7-5-4-6-8-20/h4-14,19H,3,15-18H2,1-2H3. The van der Waals surface area contributed by atoms with Crippen LogP contribution in [-0.4, -0.2) is 66.0 Å². The van der Waals surface area contributed by atoms with E-state index in [9.17, 15) is 4.79 Å². The van der Waals surface area contributed by atoms with Crippen LogP contribution in [0.5, 0.6) is 5.75 Å². The van der Waals surface area contributed by atoms with Gasteiger partial charge in [0.15, 0.2) is 11.6 Å². The smallest absolute Gasteiger partial charge is 0.343 e. The van der Waals surface area contributed by atoms with Crippen molar-refractivity contribution in [1.82, 2.24) is 20.2 Å². The van der Waals surface area contributed by atoms with E-state index >= 15 is 0 Å². The Morgan fingerprint density at radius 2 is 1.59 bits per heavy atom. The first-order valence-corrected chi connectivity index (χ1v) is 12.2. The minimum Gasteiger partial charge on any atom is -0.497 e. The molecule has 9 nitrogen and oxygen atoms in total. The maximum absolute atomic E-state index is 12.7. The number of nitrogens with zero attached hydrogens (tertiary/aromatic N) is 6. The third kappa shape index (κ3) is 5.35. The zero-order valence-corrected chi connectivity index (χ0v) is 20.9. The van der Waals surface area contributed by atoms with E-state index in [4.69, 9.17) is 14.5 Å². The van der Waals surface area contributed by atoms with Crippen LogP contribution in [0.3, 0.4) is 0 Å². The molecular formula is C28H28N6O3. The Morgan fingerprint density at radius 1 is 0.865 bits per heavy atom. The van der Waals surface area contributed by atoms with E-state index in [0.717, 1.165) is 28.4 Å². The lowest BCUT2D eigenvalue weighted by molar-refractivity contribution is 0.0526. The van der Waals surface area contributed by atoms with Gasteiger partial charge in [0.25, 0.3) is 0 Å². The molecule has 4 aromatic rings. The van der Waals surface area contributed by atoms with Crippen molar-refractivity contribution in [3.63, 3.8) is 0 Å². The number of esters is 1. The Kier molecular flexibility index (Phi) is 7.21. The lowest BCUT2D eigenvalue weighted by Crippen LogP contribution is -2.47. The number of rotatable bonds is 7. The fraction of sp³-hybridized carbons (Fsp3) is 0.250. The van der Waals surface area contributed by atoms with Crippen molar-refractivity contribution in [2.24, 2.45) is 0 Å². The van der Waals surface area contributed by atoms with E-state index in [0.29, 0.717) is 43.4 Å². The second-order valence-corrected chi connectivity index (χ2v) is 8.50. The third-order valence-electron chi connectivity index (χ3n) is 6.24. The number of hydrogen-bond donors (Lipinski definition) is 0. The summed E-state index contributed by atoms with van der Waals surface area (Å²) in [6.45, 7) is 4.81. The molecule has 9 heteroatoms. The summed E-state index contributed by atoms with van der Waals surface area (Å²) in [5, 5.41) is 8.88. The van der Waals surface area contributed by atoms with E-state index in [2.05, 4.69) is 25.0 Å². The number of benzene rings is 2. The molecule has 0 spiro atoms. The molecule has 1 aliphatic rings. The Bertz CT molecular complexity index is 1340. The topological polar surface area (TPSA) is 93.6 Å². The molecule has 5 rings (SSSR count). The molecule has 2 aromatic heterocycles. The van der Waals surface area contributed by atoms with Gasteiger partial charge in [0.2, 0.25) is 0 Å². The molecule has 0 aliphatic carbocycles. The van der Waals surface area contributed by atoms with Crippen LogP contribution in [-0.2, 0) is 4.74 Å². The Balaban J connectivity index is 1.35.